The Morgan fingerprint density at radius 2 is 1.40 bits per heavy atom. The first-order valence-corrected chi connectivity index (χ1v) is 18.9. The molecule has 0 amide bonds. The zero-order valence-corrected chi connectivity index (χ0v) is 30.2. The van der Waals surface area contributed by atoms with E-state index in [1.807, 2.05) is 0 Å². The van der Waals surface area contributed by atoms with E-state index < -0.39 is 16.6 Å². The van der Waals surface area contributed by atoms with Gasteiger partial charge in [0.05, 0.1) is 14.2 Å². The van der Waals surface area contributed by atoms with Crippen LogP contribution in [0.1, 0.15) is 99.3 Å². The molecule has 2 aromatic carbocycles. The minimum absolute atomic E-state index is 0.0535. The third kappa shape index (κ3) is 4.28. The number of methoxy groups -OCH3 is 2. The molecular formula is C42H48Cl2O4. The van der Waals surface area contributed by atoms with Gasteiger partial charge in [-0.15, -0.1) is 36.0 Å². The zero-order chi connectivity index (χ0) is 33.8. The molecule has 0 aliphatic heterocycles. The first kappa shape index (κ1) is 32.7. The van der Waals surface area contributed by atoms with Gasteiger partial charge in [0.15, 0.2) is 5.60 Å². The van der Waals surface area contributed by atoms with Gasteiger partial charge in [-0.1, -0.05) is 31.8 Å². The van der Waals surface area contributed by atoms with Crippen molar-refractivity contribution in [2.45, 2.75) is 112 Å². The molecule has 0 bridgehead atoms. The fourth-order valence-corrected chi connectivity index (χ4v) is 13.7. The zero-order valence-electron chi connectivity index (χ0n) is 28.7. The summed E-state index contributed by atoms with van der Waals surface area (Å²) in [4.78, 5) is 0. The summed E-state index contributed by atoms with van der Waals surface area (Å²) in [6, 6.07) is 10.7. The van der Waals surface area contributed by atoms with Crippen molar-refractivity contribution in [3.05, 3.63) is 52.6 Å². The van der Waals surface area contributed by atoms with Crippen molar-refractivity contribution in [2.75, 3.05) is 14.2 Å². The normalized spacial score (nSPS) is 43.6. The molecule has 4 unspecified atom stereocenters. The Morgan fingerprint density at radius 1 is 0.771 bits per heavy atom. The highest BCUT2D eigenvalue weighted by Gasteiger charge is 2.67. The molecule has 48 heavy (non-hydrogen) atoms. The van der Waals surface area contributed by atoms with Crippen molar-refractivity contribution in [1.29, 1.82) is 0 Å². The average molecular weight is 688 g/mol. The van der Waals surface area contributed by atoms with Crippen molar-refractivity contribution < 1.29 is 19.3 Å². The number of benzene rings is 2. The van der Waals surface area contributed by atoms with Gasteiger partial charge in [-0.2, -0.15) is 0 Å². The van der Waals surface area contributed by atoms with E-state index >= 15 is 0 Å². The Balaban J connectivity index is 1.17. The monoisotopic (exact) mass is 686 g/mol. The Kier molecular flexibility index (Phi) is 7.66. The second-order valence-corrected chi connectivity index (χ2v) is 17.5. The van der Waals surface area contributed by atoms with Gasteiger partial charge in [0.2, 0.25) is 0 Å². The average Bonchev–Trinajstić information content (AvgIpc) is 3.52. The third-order valence-electron chi connectivity index (χ3n) is 14.8. The molecule has 2 aromatic rings. The number of hydrogen-bond acceptors (Lipinski definition) is 4. The van der Waals surface area contributed by atoms with E-state index in [0.717, 1.165) is 68.6 Å². The second kappa shape index (κ2) is 11.3. The molecule has 0 spiro atoms. The van der Waals surface area contributed by atoms with Crippen LogP contribution in [0.5, 0.6) is 17.2 Å². The molecular weight excluding hydrogens is 639 g/mol. The van der Waals surface area contributed by atoms with Crippen LogP contribution in [-0.2, 0) is 12.8 Å². The Labute approximate surface area is 296 Å². The van der Waals surface area contributed by atoms with Crippen molar-refractivity contribution in [2.24, 2.45) is 34.5 Å². The molecule has 6 heteroatoms. The molecule has 254 valence electrons. The van der Waals surface area contributed by atoms with Gasteiger partial charge in [-0.25, -0.2) is 0 Å². The van der Waals surface area contributed by atoms with Crippen LogP contribution in [0.25, 0.3) is 0 Å². The summed E-state index contributed by atoms with van der Waals surface area (Å²) in [6.45, 7) is 4.52. The highest BCUT2D eigenvalue weighted by Crippen LogP contribution is 2.68. The van der Waals surface area contributed by atoms with Crippen LogP contribution in [0, 0.1) is 59.2 Å². The first-order chi connectivity index (χ1) is 23.0. The molecule has 12 atom stereocenters. The molecule has 0 aromatic heterocycles. The molecule has 6 aliphatic rings. The van der Waals surface area contributed by atoms with Gasteiger partial charge in [0.1, 0.15) is 22.8 Å². The largest absolute Gasteiger partial charge is 0.497 e. The molecule has 0 radical (unpaired) electrons. The number of hydrogen-bond donors (Lipinski definition) is 1. The van der Waals surface area contributed by atoms with Crippen LogP contribution < -0.4 is 14.2 Å². The highest BCUT2D eigenvalue weighted by atomic mass is 35.5. The molecule has 1 N–H and O–H groups in total. The van der Waals surface area contributed by atoms with Crippen LogP contribution in [0.15, 0.2) is 30.3 Å². The predicted molar refractivity (Wildman–Crippen MR) is 191 cm³/mol. The molecule has 4 saturated carbocycles. The van der Waals surface area contributed by atoms with E-state index in [9.17, 15) is 5.11 Å². The number of halogens is 2. The first-order valence-electron chi connectivity index (χ1n) is 18.0. The summed E-state index contributed by atoms with van der Waals surface area (Å²) in [5, 5.41) is 11.3. The summed E-state index contributed by atoms with van der Waals surface area (Å²) >= 11 is 14.9. The van der Waals surface area contributed by atoms with Gasteiger partial charge < -0.3 is 19.3 Å². The van der Waals surface area contributed by atoms with E-state index in [2.05, 4.69) is 56.0 Å². The summed E-state index contributed by atoms with van der Waals surface area (Å²) in [7, 11) is 3.44. The lowest BCUT2D eigenvalue weighted by Crippen LogP contribution is -2.56. The fourth-order valence-electron chi connectivity index (χ4n) is 12.4. The minimum Gasteiger partial charge on any atom is -0.497 e. The van der Waals surface area contributed by atoms with Crippen LogP contribution in [0.4, 0.5) is 0 Å². The topological polar surface area (TPSA) is 47.9 Å². The highest BCUT2D eigenvalue weighted by molar-refractivity contribution is 6.21. The van der Waals surface area contributed by atoms with Gasteiger partial charge in [-0.05, 0) is 123 Å². The summed E-state index contributed by atoms with van der Waals surface area (Å²) in [5.74, 6) is 10.4. The van der Waals surface area contributed by atoms with E-state index in [1.165, 1.54) is 22.3 Å². The predicted octanol–water partition coefficient (Wildman–Crippen LogP) is 8.67. The molecule has 4 fully saturated rings. The third-order valence-corrected chi connectivity index (χ3v) is 15.7. The molecule has 4 nitrogen and oxygen atoms in total. The van der Waals surface area contributed by atoms with Crippen molar-refractivity contribution in [3.63, 3.8) is 0 Å². The lowest BCUT2D eigenvalue weighted by atomic mass is 9.52. The number of terminal acetylenes is 2. The Bertz CT molecular complexity index is 1720. The summed E-state index contributed by atoms with van der Waals surface area (Å²) in [6.07, 6.45) is 21.4. The van der Waals surface area contributed by atoms with Crippen molar-refractivity contribution in [1.82, 2.24) is 0 Å². The number of aryl methyl sites for hydroxylation is 2. The maximum atomic E-state index is 11.6. The maximum absolute atomic E-state index is 11.6. The molecule has 8 rings (SSSR count). The molecule has 6 aliphatic carbocycles. The second-order valence-electron chi connectivity index (χ2n) is 16.4. The van der Waals surface area contributed by atoms with Crippen LogP contribution in [0.3, 0.4) is 0 Å². The Hall–Kier alpha value is -2.50. The number of rotatable bonds is 4. The van der Waals surface area contributed by atoms with Crippen LogP contribution in [-0.4, -0.2) is 41.3 Å². The quantitative estimate of drug-likeness (QED) is 0.258. The van der Waals surface area contributed by atoms with Gasteiger partial charge in [-0.3, -0.25) is 0 Å². The SMILES string of the molecule is C#C[C@]1(O)CC[C@H]2[C@@H]3CCc4cc(OC)cc(O[C@@]5(C#C)CC[C@H]6[C@@H]7CCc8cc(OC)ccc8[C@H]7C(Cl)CC65C)c4[C@H]3C(Cl)CC21C. The van der Waals surface area contributed by atoms with Crippen LogP contribution in [0.2, 0.25) is 0 Å². The van der Waals surface area contributed by atoms with Crippen LogP contribution >= 0.6 is 23.2 Å². The Morgan fingerprint density at radius 3 is 2.10 bits per heavy atom. The standard InChI is InChI=1S/C42H48Cl2O4/c1-7-41(45)17-15-31-30-13-10-25-20-27(47-6)21-35(36(25)38(30)34(44)22-39(31,41)3)48-42(8-2)18-16-32-29-12-9-24-19-26(46-5)11-14-28(24)37(29)33(43)23-40(32,42)4/h1-2,11,14,19-21,29-34,37-38,45H,9-10,12-13,15-18,22-23H2,3-6H3/t29-,30-,31-,32-,33?,34?,37+,38+,39?,40?,41-,42-/m0/s1. The minimum atomic E-state index is -1.13. The van der Waals surface area contributed by atoms with E-state index in [-0.39, 0.29) is 28.0 Å². The number of aliphatic hydroxyl groups is 1. The number of ether oxygens (including phenoxy) is 3. The van der Waals surface area contributed by atoms with E-state index in [1.54, 1.807) is 14.2 Å². The van der Waals surface area contributed by atoms with E-state index in [4.69, 9.17) is 50.3 Å². The molecule has 0 heterocycles. The van der Waals surface area contributed by atoms with Gasteiger partial charge in [0.25, 0.3) is 0 Å². The van der Waals surface area contributed by atoms with Gasteiger partial charge in [0, 0.05) is 45.0 Å². The summed E-state index contributed by atoms with van der Waals surface area (Å²) < 4.78 is 18.8. The van der Waals surface area contributed by atoms with Gasteiger partial charge >= 0.3 is 0 Å². The van der Waals surface area contributed by atoms with Crippen molar-refractivity contribution >= 4 is 23.2 Å². The van der Waals surface area contributed by atoms with Crippen molar-refractivity contribution in [3.8, 4) is 41.9 Å². The number of fused-ring (bicyclic) bond motifs is 10. The smallest absolute Gasteiger partial charge is 0.174 e. The maximum Gasteiger partial charge on any atom is 0.174 e. The molecule has 0 saturated heterocycles. The fraction of sp³-hybridized carbons (Fsp3) is 0.619. The number of alkyl halides is 2. The lowest BCUT2D eigenvalue weighted by Gasteiger charge is -2.55. The van der Waals surface area contributed by atoms with E-state index in [0.29, 0.717) is 36.5 Å². The lowest BCUT2D eigenvalue weighted by molar-refractivity contribution is -0.0651. The summed E-state index contributed by atoms with van der Waals surface area (Å²) in [5.41, 5.74) is 2.50.